The first-order valence-electron chi connectivity index (χ1n) is 3.92. The Morgan fingerprint density at radius 3 is 2.93 bits per heavy atom. The molecule has 0 atom stereocenters. The topological polar surface area (TPSA) is 43.1 Å². The normalized spacial score (nSPS) is 10.7. The summed E-state index contributed by atoms with van der Waals surface area (Å²) in [5.74, 6) is 0. The Bertz CT molecular complexity index is 521. The van der Waals surface area contributed by atoms with Gasteiger partial charge in [0, 0.05) is 5.56 Å². The molecule has 3 nitrogen and oxygen atoms in total. The van der Waals surface area contributed by atoms with Crippen molar-refractivity contribution < 1.29 is 4.92 Å². The second-order valence-electron chi connectivity index (χ2n) is 2.95. The summed E-state index contributed by atoms with van der Waals surface area (Å²) in [6.45, 7) is 1.70. The van der Waals surface area contributed by atoms with Gasteiger partial charge >= 0.3 is 0 Å². The average molecular weight is 228 g/mol. The van der Waals surface area contributed by atoms with Crippen LogP contribution in [0.2, 0.25) is 5.02 Å². The van der Waals surface area contributed by atoms with Crippen LogP contribution >= 0.6 is 22.9 Å². The van der Waals surface area contributed by atoms with Crippen molar-refractivity contribution >= 4 is 38.7 Å². The van der Waals surface area contributed by atoms with Crippen LogP contribution in [-0.2, 0) is 0 Å². The minimum absolute atomic E-state index is 0.0154. The summed E-state index contributed by atoms with van der Waals surface area (Å²) >= 11 is 7.37. The molecule has 5 heteroatoms. The molecule has 0 aliphatic heterocycles. The van der Waals surface area contributed by atoms with Gasteiger partial charge in [-0.2, -0.15) is 0 Å². The van der Waals surface area contributed by atoms with Crippen LogP contribution in [0.4, 0.5) is 5.69 Å². The molecule has 1 aromatic heterocycles. The van der Waals surface area contributed by atoms with Gasteiger partial charge in [0.25, 0.3) is 5.69 Å². The molecule has 2 rings (SSSR count). The number of nitrogens with zero attached hydrogens (tertiary/aromatic N) is 1. The summed E-state index contributed by atoms with van der Waals surface area (Å²) in [5, 5.41) is 13.8. The van der Waals surface area contributed by atoms with Crippen molar-refractivity contribution in [1.29, 1.82) is 0 Å². The van der Waals surface area contributed by atoms with Crippen LogP contribution in [0.15, 0.2) is 17.5 Å². The van der Waals surface area contributed by atoms with E-state index >= 15 is 0 Å². The summed E-state index contributed by atoms with van der Waals surface area (Å²) < 4.78 is 0.781. The highest BCUT2D eigenvalue weighted by Crippen LogP contribution is 2.38. The minimum atomic E-state index is -0.434. The number of thiophene rings is 1. The highest BCUT2D eigenvalue weighted by molar-refractivity contribution is 7.18. The van der Waals surface area contributed by atoms with E-state index in [-0.39, 0.29) is 10.7 Å². The molecule has 0 amide bonds. The molecule has 2 aromatic rings. The van der Waals surface area contributed by atoms with Gasteiger partial charge in [-0.1, -0.05) is 11.6 Å². The van der Waals surface area contributed by atoms with Crippen molar-refractivity contribution in [2.45, 2.75) is 6.92 Å². The first kappa shape index (κ1) is 9.43. The summed E-state index contributed by atoms with van der Waals surface area (Å²) in [6.07, 6.45) is 0. The number of benzene rings is 1. The van der Waals surface area contributed by atoms with Crippen LogP contribution in [0.5, 0.6) is 0 Å². The predicted molar refractivity (Wildman–Crippen MR) is 58.2 cm³/mol. The summed E-state index contributed by atoms with van der Waals surface area (Å²) in [7, 11) is 0. The first-order chi connectivity index (χ1) is 6.61. The van der Waals surface area contributed by atoms with Crippen LogP contribution in [0.25, 0.3) is 10.1 Å². The fraction of sp³-hybridized carbons (Fsp3) is 0.111. The minimum Gasteiger partial charge on any atom is -0.258 e. The number of nitro groups is 1. The maximum absolute atomic E-state index is 10.7. The lowest BCUT2D eigenvalue weighted by atomic mass is 10.1. The Hall–Kier alpha value is -1.13. The second-order valence-corrected chi connectivity index (χ2v) is 4.25. The van der Waals surface area contributed by atoms with Crippen LogP contribution < -0.4 is 0 Å². The van der Waals surface area contributed by atoms with Gasteiger partial charge < -0.3 is 0 Å². The Balaban J connectivity index is 2.89. The molecule has 0 unspecified atom stereocenters. The van der Waals surface area contributed by atoms with Gasteiger partial charge in [-0.15, -0.1) is 11.3 Å². The van der Waals surface area contributed by atoms with E-state index < -0.39 is 4.92 Å². The molecule has 0 N–H and O–H groups in total. The van der Waals surface area contributed by atoms with E-state index in [1.807, 2.05) is 11.4 Å². The van der Waals surface area contributed by atoms with E-state index in [1.165, 1.54) is 11.3 Å². The first-order valence-corrected chi connectivity index (χ1v) is 5.17. The van der Waals surface area contributed by atoms with Gasteiger partial charge in [-0.3, -0.25) is 10.1 Å². The lowest BCUT2D eigenvalue weighted by Crippen LogP contribution is -1.92. The third-order valence-electron chi connectivity index (χ3n) is 2.03. The Morgan fingerprint density at radius 2 is 2.29 bits per heavy atom. The van der Waals surface area contributed by atoms with Crippen LogP contribution in [0.3, 0.4) is 0 Å². The van der Waals surface area contributed by atoms with Gasteiger partial charge in [-0.25, -0.2) is 0 Å². The molecule has 1 aromatic carbocycles. The molecule has 0 aliphatic rings. The van der Waals surface area contributed by atoms with Crippen molar-refractivity contribution in [1.82, 2.24) is 0 Å². The molecular formula is C9H6ClNO2S. The van der Waals surface area contributed by atoms with Gasteiger partial charge in [0.15, 0.2) is 0 Å². The molecule has 0 saturated heterocycles. The third-order valence-corrected chi connectivity index (χ3v) is 3.46. The van der Waals surface area contributed by atoms with Crippen LogP contribution in [0.1, 0.15) is 5.56 Å². The Labute approximate surface area is 89.1 Å². The standard InChI is InChI=1S/C9H6ClNO2S/c1-5-4-6-2-3-14-9(6)7(10)8(5)11(12)13/h2-4H,1H3. The van der Waals surface area contributed by atoms with E-state index in [0.717, 1.165) is 10.1 Å². The van der Waals surface area contributed by atoms with Crippen LogP contribution in [-0.4, -0.2) is 4.92 Å². The smallest absolute Gasteiger partial charge is 0.258 e. The van der Waals surface area contributed by atoms with Gasteiger partial charge in [0.2, 0.25) is 0 Å². The molecule has 0 fully saturated rings. The Kier molecular flexibility index (Phi) is 2.17. The maximum Gasteiger partial charge on any atom is 0.292 e. The fourth-order valence-electron chi connectivity index (χ4n) is 1.42. The lowest BCUT2D eigenvalue weighted by Gasteiger charge is -2.00. The van der Waals surface area contributed by atoms with Crippen molar-refractivity contribution in [3.8, 4) is 0 Å². The van der Waals surface area contributed by atoms with Crippen molar-refractivity contribution in [3.63, 3.8) is 0 Å². The van der Waals surface area contributed by atoms with E-state index in [0.29, 0.717) is 5.56 Å². The molecule has 72 valence electrons. The SMILES string of the molecule is Cc1cc2ccsc2c(Cl)c1[N+](=O)[O-]. The zero-order valence-electron chi connectivity index (χ0n) is 7.28. The number of hydrogen-bond acceptors (Lipinski definition) is 3. The number of fused-ring (bicyclic) bond motifs is 1. The molecule has 14 heavy (non-hydrogen) atoms. The van der Waals surface area contributed by atoms with Crippen molar-refractivity contribution in [2.75, 3.05) is 0 Å². The van der Waals surface area contributed by atoms with Crippen LogP contribution in [0, 0.1) is 17.0 Å². The monoisotopic (exact) mass is 227 g/mol. The predicted octanol–water partition coefficient (Wildman–Crippen LogP) is 3.77. The quantitative estimate of drug-likeness (QED) is 0.550. The lowest BCUT2D eigenvalue weighted by molar-refractivity contribution is -0.385. The Morgan fingerprint density at radius 1 is 1.57 bits per heavy atom. The number of aryl methyl sites for hydroxylation is 1. The zero-order chi connectivity index (χ0) is 10.3. The molecule has 0 saturated carbocycles. The highest BCUT2D eigenvalue weighted by atomic mass is 35.5. The van der Waals surface area contributed by atoms with E-state index in [1.54, 1.807) is 13.0 Å². The largest absolute Gasteiger partial charge is 0.292 e. The summed E-state index contributed by atoms with van der Waals surface area (Å²) in [4.78, 5) is 10.3. The van der Waals surface area contributed by atoms with Gasteiger partial charge in [-0.05, 0) is 29.8 Å². The molecule has 0 aliphatic carbocycles. The number of halogens is 1. The second kappa shape index (κ2) is 3.22. The average Bonchev–Trinajstić information content (AvgIpc) is 2.50. The van der Waals surface area contributed by atoms with Crippen molar-refractivity contribution in [3.05, 3.63) is 38.2 Å². The fourth-order valence-corrected chi connectivity index (χ4v) is 2.69. The number of rotatable bonds is 1. The van der Waals surface area contributed by atoms with Crippen molar-refractivity contribution in [2.24, 2.45) is 0 Å². The summed E-state index contributed by atoms with van der Waals surface area (Å²) in [5.41, 5.74) is 0.618. The van der Waals surface area contributed by atoms with Gasteiger partial charge in [0.05, 0.1) is 9.62 Å². The maximum atomic E-state index is 10.7. The highest BCUT2D eigenvalue weighted by Gasteiger charge is 2.19. The molecule has 0 spiro atoms. The third kappa shape index (κ3) is 1.27. The van der Waals surface area contributed by atoms with E-state index in [9.17, 15) is 10.1 Å². The zero-order valence-corrected chi connectivity index (χ0v) is 8.85. The van der Waals surface area contributed by atoms with Gasteiger partial charge in [0.1, 0.15) is 5.02 Å². The number of hydrogen-bond donors (Lipinski definition) is 0. The molecule has 0 bridgehead atoms. The molecular weight excluding hydrogens is 222 g/mol. The number of nitro benzene ring substituents is 1. The van der Waals surface area contributed by atoms with E-state index in [4.69, 9.17) is 11.6 Å². The molecule has 1 heterocycles. The molecule has 0 radical (unpaired) electrons. The van der Waals surface area contributed by atoms with E-state index in [2.05, 4.69) is 0 Å². The summed E-state index contributed by atoms with van der Waals surface area (Å²) in [6, 6.07) is 3.69.